The average molecular weight is 366 g/mol. The maximum Gasteiger partial charge on any atom is 0.133 e. The molecule has 6 heteroatoms. The Labute approximate surface area is 152 Å². The zero-order valence-corrected chi connectivity index (χ0v) is 15.3. The second-order valence-electron chi connectivity index (χ2n) is 4.55. The van der Waals surface area contributed by atoms with E-state index in [2.05, 4.69) is 22.1 Å². The second-order valence-corrected chi connectivity index (χ2v) is 5.33. The fourth-order valence-electron chi connectivity index (χ4n) is 1.72. The quantitative estimate of drug-likeness (QED) is 0.497. The van der Waals surface area contributed by atoms with Gasteiger partial charge in [-0.25, -0.2) is 9.97 Å². The molecule has 0 aliphatic carbocycles. The topological polar surface area (TPSA) is 61.0 Å². The van der Waals surface area contributed by atoms with Crippen LogP contribution in [0.15, 0.2) is 54.9 Å². The molecule has 2 N–H and O–H groups in total. The number of fused-ring (bicyclic) bond motifs is 1. The first-order valence-electron chi connectivity index (χ1n) is 7.51. The summed E-state index contributed by atoms with van der Waals surface area (Å²) in [6, 6.07) is 15.6. The van der Waals surface area contributed by atoms with Gasteiger partial charge in [0, 0.05) is 25.0 Å². The van der Waals surface area contributed by atoms with E-state index in [0.717, 1.165) is 18.9 Å². The van der Waals surface area contributed by atoms with Crippen LogP contribution in [0, 0.1) is 0 Å². The molecule has 0 spiro atoms. The Bertz CT molecular complexity index is 719. The Balaban J connectivity index is 0.000000196. The Morgan fingerprint density at radius 2 is 1.46 bits per heavy atom. The van der Waals surface area contributed by atoms with Gasteiger partial charge in [0.05, 0.1) is 0 Å². The summed E-state index contributed by atoms with van der Waals surface area (Å²) in [6.45, 7) is 5.67. The van der Waals surface area contributed by atoms with Gasteiger partial charge in [0.2, 0.25) is 0 Å². The van der Waals surface area contributed by atoms with Crippen molar-refractivity contribution in [3.05, 3.63) is 65.2 Å². The fourth-order valence-corrected chi connectivity index (χ4v) is 2.07. The normalized spacial score (nSPS) is 9.50. The van der Waals surface area contributed by atoms with Crippen molar-refractivity contribution < 1.29 is 4.74 Å². The van der Waals surface area contributed by atoms with Crippen LogP contribution in [0.4, 0.5) is 5.69 Å². The first-order valence-corrected chi connectivity index (χ1v) is 8.27. The number of ether oxygens (including phenoxy) is 1. The monoisotopic (exact) mass is 365 g/mol. The SMILES string of the molecule is CCOCC.Clc1cc(Cl)ncn1.Nc1ccc2ccccc2c1. The zero-order chi connectivity index (χ0) is 17.8. The van der Waals surface area contributed by atoms with E-state index in [1.54, 1.807) is 0 Å². The molecule has 3 rings (SSSR count). The molecule has 1 heterocycles. The molecule has 128 valence electrons. The van der Waals surface area contributed by atoms with Gasteiger partial charge in [0.15, 0.2) is 0 Å². The Morgan fingerprint density at radius 1 is 0.875 bits per heavy atom. The Kier molecular flexibility index (Phi) is 9.77. The minimum Gasteiger partial charge on any atom is -0.399 e. The summed E-state index contributed by atoms with van der Waals surface area (Å²) in [5, 5.41) is 3.17. The molecule has 0 radical (unpaired) electrons. The highest BCUT2D eigenvalue weighted by atomic mass is 35.5. The van der Waals surface area contributed by atoms with Crippen LogP contribution in [0.5, 0.6) is 0 Å². The van der Waals surface area contributed by atoms with Gasteiger partial charge in [0.25, 0.3) is 0 Å². The van der Waals surface area contributed by atoms with E-state index < -0.39 is 0 Å². The minimum absolute atomic E-state index is 0.366. The maximum absolute atomic E-state index is 5.62. The van der Waals surface area contributed by atoms with E-state index >= 15 is 0 Å². The van der Waals surface area contributed by atoms with Crippen LogP contribution >= 0.6 is 23.2 Å². The lowest BCUT2D eigenvalue weighted by Crippen LogP contribution is -1.84. The van der Waals surface area contributed by atoms with Gasteiger partial charge in [-0.2, -0.15) is 0 Å². The lowest BCUT2D eigenvalue weighted by atomic mass is 10.1. The van der Waals surface area contributed by atoms with E-state index in [1.807, 2.05) is 44.2 Å². The van der Waals surface area contributed by atoms with E-state index in [0.29, 0.717) is 10.3 Å². The van der Waals surface area contributed by atoms with Gasteiger partial charge in [-0.3, -0.25) is 0 Å². The van der Waals surface area contributed by atoms with Crippen LogP contribution in [-0.2, 0) is 4.74 Å². The van der Waals surface area contributed by atoms with Crippen molar-refractivity contribution in [3.8, 4) is 0 Å². The maximum atomic E-state index is 5.62. The standard InChI is InChI=1S/C10H9N.C4H2Cl2N2.C4H10O/c11-10-6-5-8-3-1-2-4-9(8)7-10;5-3-1-4(6)8-2-7-3;1-3-5-4-2/h1-7H,11H2;1-2H;3-4H2,1-2H3. The number of anilines is 1. The minimum atomic E-state index is 0.366. The van der Waals surface area contributed by atoms with Gasteiger partial charge in [-0.05, 0) is 36.8 Å². The molecule has 0 aliphatic rings. The highest BCUT2D eigenvalue weighted by Gasteiger charge is 1.90. The first kappa shape index (κ1) is 20.2. The van der Waals surface area contributed by atoms with Gasteiger partial charge < -0.3 is 10.5 Å². The van der Waals surface area contributed by atoms with Crippen molar-refractivity contribution in [2.75, 3.05) is 18.9 Å². The van der Waals surface area contributed by atoms with Gasteiger partial charge >= 0.3 is 0 Å². The molecule has 0 saturated heterocycles. The molecule has 2 aromatic carbocycles. The number of rotatable bonds is 2. The molecule has 3 aromatic rings. The van der Waals surface area contributed by atoms with E-state index in [4.69, 9.17) is 33.7 Å². The summed E-state index contributed by atoms with van der Waals surface area (Å²) in [4.78, 5) is 7.22. The third-order valence-electron chi connectivity index (χ3n) is 2.78. The summed E-state index contributed by atoms with van der Waals surface area (Å²) in [7, 11) is 0. The van der Waals surface area contributed by atoms with Crippen LogP contribution in [0.3, 0.4) is 0 Å². The number of hydrogen-bond donors (Lipinski definition) is 1. The molecule has 0 amide bonds. The molecule has 0 atom stereocenters. The Morgan fingerprint density at radius 3 is 1.92 bits per heavy atom. The Hall–Kier alpha value is -1.88. The number of nitrogen functional groups attached to an aromatic ring is 1. The molecule has 0 saturated carbocycles. The smallest absolute Gasteiger partial charge is 0.133 e. The molecular formula is C18H21Cl2N3O. The van der Waals surface area contributed by atoms with E-state index in [-0.39, 0.29) is 0 Å². The predicted molar refractivity (Wildman–Crippen MR) is 103 cm³/mol. The van der Waals surface area contributed by atoms with Crippen molar-refractivity contribution >= 4 is 39.7 Å². The number of aromatic nitrogens is 2. The third kappa shape index (κ3) is 8.11. The second kappa shape index (κ2) is 11.6. The predicted octanol–water partition coefficient (Wildman–Crippen LogP) is 5.25. The van der Waals surface area contributed by atoms with Crippen molar-refractivity contribution in [3.63, 3.8) is 0 Å². The van der Waals surface area contributed by atoms with Crippen molar-refractivity contribution in [1.29, 1.82) is 0 Å². The number of benzene rings is 2. The van der Waals surface area contributed by atoms with E-state index in [1.165, 1.54) is 23.2 Å². The van der Waals surface area contributed by atoms with Crippen LogP contribution in [-0.4, -0.2) is 23.2 Å². The molecular weight excluding hydrogens is 345 g/mol. The number of halogens is 2. The summed E-state index contributed by atoms with van der Waals surface area (Å²) in [6.07, 6.45) is 1.31. The largest absolute Gasteiger partial charge is 0.399 e. The highest BCUT2D eigenvalue weighted by Crippen LogP contribution is 2.16. The summed E-state index contributed by atoms with van der Waals surface area (Å²) < 4.78 is 4.83. The number of hydrogen-bond acceptors (Lipinski definition) is 4. The molecule has 4 nitrogen and oxygen atoms in total. The summed E-state index contributed by atoms with van der Waals surface area (Å²) >= 11 is 10.8. The van der Waals surface area contributed by atoms with Crippen LogP contribution < -0.4 is 5.73 Å². The van der Waals surface area contributed by atoms with Crippen molar-refractivity contribution in [1.82, 2.24) is 9.97 Å². The van der Waals surface area contributed by atoms with Crippen LogP contribution in [0.1, 0.15) is 13.8 Å². The molecule has 24 heavy (non-hydrogen) atoms. The van der Waals surface area contributed by atoms with Gasteiger partial charge in [-0.1, -0.05) is 53.5 Å². The molecule has 0 bridgehead atoms. The van der Waals surface area contributed by atoms with Crippen LogP contribution in [0.25, 0.3) is 10.8 Å². The zero-order valence-electron chi connectivity index (χ0n) is 13.7. The average Bonchev–Trinajstić information content (AvgIpc) is 2.56. The first-order chi connectivity index (χ1) is 11.6. The lowest BCUT2D eigenvalue weighted by molar-refractivity contribution is 0.162. The lowest BCUT2D eigenvalue weighted by Gasteiger charge is -1.96. The fraction of sp³-hybridized carbons (Fsp3) is 0.222. The summed E-state index contributed by atoms with van der Waals surface area (Å²) in [5.74, 6) is 0. The molecule has 0 aliphatic heterocycles. The van der Waals surface area contributed by atoms with Gasteiger partial charge in [-0.15, -0.1) is 0 Å². The third-order valence-corrected chi connectivity index (χ3v) is 3.20. The van der Waals surface area contributed by atoms with Crippen LogP contribution in [0.2, 0.25) is 10.3 Å². The summed E-state index contributed by atoms with van der Waals surface area (Å²) in [5.41, 5.74) is 6.45. The number of nitrogens with zero attached hydrogens (tertiary/aromatic N) is 2. The molecule has 1 aromatic heterocycles. The highest BCUT2D eigenvalue weighted by molar-refractivity contribution is 6.33. The van der Waals surface area contributed by atoms with Crippen molar-refractivity contribution in [2.45, 2.75) is 13.8 Å². The van der Waals surface area contributed by atoms with Gasteiger partial charge in [0.1, 0.15) is 16.6 Å². The molecule has 0 unspecified atom stereocenters. The van der Waals surface area contributed by atoms with Crippen molar-refractivity contribution in [2.24, 2.45) is 0 Å². The molecule has 0 fully saturated rings. The number of nitrogens with two attached hydrogens (primary N) is 1. The van der Waals surface area contributed by atoms with E-state index in [9.17, 15) is 0 Å².